The second kappa shape index (κ2) is 13.2. The highest BCUT2D eigenvalue weighted by Gasteiger charge is 2.37. The van der Waals surface area contributed by atoms with Crippen molar-refractivity contribution in [2.45, 2.75) is 44.2 Å². The largest absolute Gasteiger partial charge is 0.416 e. The summed E-state index contributed by atoms with van der Waals surface area (Å²) in [6.45, 7) is 0.433. The van der Waals surface area contributed by atoms with E-state index in [1.54, 1.807) is 23.1 Å². The fraction of sp³-hybridized carbons (Fsp3) is 0.370. The summed E-state index contributed by atoms with van der Waals surface area (Å²) < 4.78 is 78.7. The standard InChI is InChI=1S/C27H25Cl2F6N3O3/c1-37(24(40)17-12-18(26(30,31)32)14-19(13-17)27(33,34)35)9-4-6-23(39)36-22-5-2-3-10-38(25(22)41)15-16-7-8-20(28)21(29)11-16/h4,6-8,11-14,22H,2-3,5,9-10,15H2,1H3,(H,36,39)/b6-4+/t22-/m1/s1. The van der Waals surface area contributed by atoms with Gasteiger partial charge < -0.3 is 15.1 Å². The molecule has 1 saturated heterocycles. The quantitative estimate of drug-likeness (QED) is 0.288. The monoisotopic (exact) mass is 623 g/mol. The first-order valence-electron chi connectivity index (χ1n) is 12.3. The van der Waals surface area contributed by atoms with Crippen molar-refractivity contribution >= 4 is 40.9 Å². The van der Waals surface area contributed by atoms with Gasteiger partial charge in [0.05, 0.1) is 21.2 Å². The van der Waals surface area contributed by atoms with Crippen LogP contribution in [0.2, 0.25) is 10.0 Å². The lowest BCUT2D eigenvalue weighted by Crippen LogP contribution is -2.46. The van der Waals surface area contributed by atoms with Gasteiger partial charge in [-0.3, -0.25) is 14.4 Å². The van der Waals surface area contributed by atoms with Gasteiger partial charge in [0.1, 0.15) is 6.04 Å². The Balaban J connectivity index is 1.63. The van der Waals surface area contributed by atoms with Crippen LogP contribution in [0.4, 0.5) is 26.3 Å². The van der Waals surface area contributed by atoms with Crippen LogP contribution >= 0.6 is 23.2 Å². The van der Waals surface area contributed by atoms with Crippen molar-refractivity contribution in [3.05, 3.63) is 80.8 Å². The van der Waals surface area contributed by atoms with E-state index in [1.165, 1.54) is 6.08 Å². The van der Waals surface area contributed by atoms with Crippen LogP contribution in [0.5, 0.6) is 0 Å². The molecule has 6 nitrogen and oxygen atoms in total. The highest BCUT2D eigenvalue weighted by Crippen LogP contribution is 2.36. The lowest BCUT2D eigenvalue weighted by atomic mass is 10.0. The van der Waals surface area contributed by atoms with E-state index in [-0.39, 0.29) is 25.1 Å². The summed E-state index contributed by atoms with van der Waals surface area (Å²) in [6.07, 6.45) is -6.16. The lowest BCUT2D eigenvalue weighted by Gasteiger charge is -2.25. The van der Waals surface area contributed by atoms with Crippen LogP contribution in [0.15, 0.2) is 48.6 Å². The molecule has 1 atom stereocenters. The number of carbonyl (C=O) groups excluding carboxylic acids is 3. The van der Waals surface area contributed by atoms with Crippen LogP contribution in [0.25, 0.3) is 0 Å². The Kier molecular flexibility index (Phi) is 10.4. The van der Waals surface area contributed by atoms with Gasteiger partial charge in [-0.1, -0.05) is 35.3 Å². The third-order valence-corrected chi connectivity index (χ3v) is 7.02. The number of carbonyl (C=O) groups is 3. The number of benzene rings is 2. The Hall–Kier alpha value is -3.25. The molecule has 0 spiro atoms. The Labute approximate surface area is 241 Å². The maximum absolute atomic E-state index is 13.1. The molecule has 3 rings (SSSR count). The highest BCUT2D eigenvalue weighted by molar-refractivity contribution is 6.42. The number of hydrogen-bond acceptors (Lipinski definition) is 3. The topological polar surface area (TPSA) is 69.7 Å². The van der Waals surface area contributed by atoms with Crippen molar-refractivity contribution in [1.82, 2.24) is 15.1 Å². The molecule has 1 heterocycles. The Morgan fingerprint density at radius 3 is 2.22 bits per heavy atom. The number of nitrogens with one attached hydrogen (secondary N) is 1. The maximum atomic E-state index is 13.1. The summed E-state index contributed by atoms with van der Waals surface area (Å²) in [4.78, 5) is 40.6. The molecule has 0 radical (unpaired) electrons. The molecule has 41 heavy (non-hydrogen) atoms. The summed E-state index contributed by atoms with van der Waals surface area (Å²) >= 11 is 12.0. The SMILES string of the molecule is CN(C/C=C/C(=O)N[C@@H]1CCCCN(Cc2ccc(Cl)c(Cl)c2)C1=O)C(=O)c1cc(C(F)(F)F)cc(C(F)(F)F)c1. The molecule has 0 aromatic heterocycles. The van der Waals surface area contributed by atoms with E-state index < -0.39 is 46.9 Å². The number of hydrogen-bond donors (Lipinski definition) is 1. The van der Waals surface area contributed by atoms with Crippen molar-refractivity contribution in [3.8, 4) is 0 Å². The van der Waals surface area contributed by atoms with Crippen LogP contribution in [0.3, 0.4) is 0 Å². The Bertz CT molecular complexity index is 1300. The van der Waals surface area contributed by atoms with Crippen molar-refractivity contribution in [3.63, 3.8) is 0 Å². The van der Waals surface area contributed by atoms with Gasteiger partial charge >= 0.3 is 12.4 Å². The van der Waals surface area contributed by atoms with Crippen molar-refractivity contribution in [1.29, 1.82) is 0 Å². The molecular weight excluding hydrogens is 599 g/mol. The number of halogens is 8. The zero-order chi connectivity index (χ0) is 30.5. The number of nitrogens with zero attached hydrogens (tertiary/aromatic N) is 2. The van der Waals surface area contributed by atoms with E-state index in [2.05, 4.69) is 5.32 Å². The van der Waals surface area contributed by atoms with Crippen molar-refractivity contribution < 1.29 is 40.7 Å². The second-order valence-corrected chi connectivity index (χ2v) is 10.3. The van der Waals surface area contributed by atoms with Gasteiger partial charge in [0.25, 0.3) is 5.91 Å². The van der Waals surface area contributed by atoms with E-state index in [0.29, 0.717) is 48.0 Å². The number of rotatable bonds is 7. The minimum Gasteiger partial charge on any atom is -0.341 e. The van der Waals surface area contributed by atoms with Crippen LogP contribution in [-0.4, -0.2) is 53.7 Å². The molecule has 0 aliphatic carbocycles. The molecule has 0 unspecified atom stereocenters. The normalized spacial score (nSPS) is 16.6. The third-order valence-electron chi connectivity index (χ3n) is 6.28. The highest BCUT2D eigenvalue weighted by atomic mass is 35.5. The van der Waals surface area contributed by atoms with Gasteiger partial charge in [0, 0.05) is 38.3 Å². The fourth-order valence-corrected chi connectivity index (χ4v) is 4.49. The number of alkyl halides is 6. The van der Waals surface area contributed by atoms with Crippen LogP contribution in [0, 0.1) is 0 Å². The fourth-order valence-electron chi connectivity index (χ4n) is 4.17. The van der Waals surface area contributed by atoms with Crippen LogP contribution < -0.4 is 5.32 Å². The third kappa shape index (κ3) is 8.87. The zero-order valence-corrected chi connectivity index (χ0v) is 23.1. The van der Waals surface area contributed by atoms with Gasteiger partial charge in [-0.15, -0.1) is 0 Å². The molecule has 1 aliphatic rings. The molecule has 1 N–H and O–H groups in total. The minimum atomic E-state index is -5.10. The predicted octanol–water partition coefficient (Wildman–Crippen LogP) is 6.36. The average molecular weight is 624 g/mol. The molecule has 222 valence electrons. The van der Waals surface area contributed by atoms with Gasteiger partial charge in [0.2, 0.25) is 11.8 Å². The summed E-state index contributed by atoms with van der Waals surface area (Å²) in [5, 5.41) is 3.33. The first-order chi connectivity index (χ1) is 19.1. The minimum absolute atomic E-state index is 0.0679. The Morgan fingerprint density at radius 2 is 1.63 bits per heavy atom. The molecule has 1 fully saturated rings. The second-order valence-electron chi connectivity index (χ2n) is 9.45. The van der Waals surface area contributed by atoms with E-state index in [1.807, 2.05) is 0 Å². The van der Waals surface area contributed by atoms with E-state index in [9.17, 15) is 40.7 Å². The molecular formula is C27H25Cl2F6N3O3. The first kappa shape index (κ1) is 32.3. The molecule has 1 aliphatic heterocycles. The smallest absolute Gasteiger partial charge is 0.341 e. The molecule has 3 amide bonds. The van der Waals surface area contributed by atoms with E-state index >= 15 is 0 Å². The first-order valence-corrected chi connectivity index (χ1v) is 13.1. The number of amides is 3. The van der Waals surface area contributed by atoms with Gasteiger partial charge in [-0.05, 0) is 55.2 Å². The van der Waals surface area contributed by atoms with Gasteiger partial charge in [-0.25, -0.2) is 0 Å². The molecule has 0 saturated carbocycles. The van der Waals surface area contributed by atoms with Gasteiger partial charge in [0.15, 0.2) is 0 Å². The molecule has 0 bridgehead atoms. The number of likely N-dealkylation sites (N-methyl/N-ethyl adjacent to an activating group) is 1. The van der Waals surface area contributed by atoms with Crippen LogP contribution in [0.1, 0.15) is 46.3 Å². The van der Waals surface area contributed by atoms with Crippen molar-refractivity contribution in [2.75, 3.05) is 20.1 Å². The zero-order valence-electron chi connectivity index (χ0n) is 21.6. The maximum Gasteiger partial charge on any atom is 0.416 e. The van der Waals surface area contributed by atoms with Crippen LogP contribution in [-0.2, 0) is 28.5 Å². The molecule has 2 aromatic rings. The summed E-state index contributed by atoms with van der Waals surface area (Å²) in [7, 11) is 1.16. The summed E-state index contributed by atoms with van der Waals surface area (Å²) in [6, 6.07) is 4.81. The average Bonchev–Trinajstić information content (AvgIpc) is 3.05. The van der Waals surface area contributed by atoms with E-state index in [4.69, 9.17) is 23.2 Å². The predicted molar refractivity (Wildman–Crippen MR) is 140 cm³/mol. The summed E-state index contributed by atoms with van der Waals surface area (Å²) in [5.41, 5.74) is -3.27. The lowest BCUT2D eigenvalue weighted by molar-refractivity contribution is -0.143. The Morgan fingerprint density at radius 1 is 1.00 bits per heavy atom. The number of likely N-dealkylation sites (tertiary alicyclic amines) is 1. The van der Waals surface area contributed by atoms with E-state index in [0.717, 1.165) is 23.6 Å². The molecule has 14 heteroatoms. The van der Waals surface area contributed by atoms with Crippen molar-refractivity contribution in [2.24, 2.45) is 0 Å². The molecule has 2 aromatic carbocycles. The van der Waals surface area contributed by atoms with Gasteiger partial charge in [-0.2, -0.15) is 26.3 Å². The summed E-state index contributed by atoms with van der Waals surface area (Å²) in [5.74, 6) is -2.06.